The minimum absolute atomic E-state index is 0.0966. The van der Waals surface area contributed by atoms with Crippen LogP contribution in [0.15, 0.2) is 46.2 Å². The SMILES string of the molecule is CSc1ccc(S(=O)(=O)Nc2cc(C)ccc2C)cc1C(=O)N1CCCC1. The van der Waals surface area contributed by atoms with Crippen LogP contribution in [0.4, 0.5) is 5.69 Å². The number of thioether (sulfide) groups is 1. The molecule has 1 N–H and O–H groups in total. The fourth-order valence-corrected chi connectivity index (χ4v) is 4.88. The summed E-state index contributed by atoms with van der Waals surface area (Å²) in [4.78, 5) is 15.5. The van der Waals surface area contributed by atoms with Crippen molar-refractivity contribution in [3.05, 3.63) is 53.1 Å². The van der Waals surface area contributed by atoms with Crippen LogP contribution >= 0.6 is 11.8 Å². The Morgan fingerprint density at radius 3 is 2.44 bits per heavy atom. The third-order valence-electron chi connectivity index (χ3n) is 4.74. The molecule has 144 valence electrons. The second kappa shape index (κ2) is 7.94. The second-order valence-corrected chi connectivity index (χ2v) is 9.32. The van der Waals surface area contributed by atoms with Gasteiger partial charge in [0.15, 0.2) is 0 Å². The molecule has 0 aliphatic carbocycles. The molecule has 0 spiro atoms. The molecule has 27 heavy (non-hydrogen) atoms. The molecule has 1 aliphatic heterocycles. The van der Waals surface area contributed by atoms with Crippen LogP contribution in [-0.4, -0.2) is 38.6 Å². The highest BCUT2D eigenvalue weighted by molar-refractivity contribution is 7.98. The van der Waals surface area contributed by atoms with Gasteiger partial charge in [-0.25, -0.2) is 8.42 Å². The summed E-state index contributed by atoms with van der Waals surface area (Å²) in [6.07, 6.45) is 3.87. The Balaban J connectivity index is 1.96. The van der Waals surface area contributed by atoms with E-state index in [0.717, 1.165) is 42.0 Å². The summed E-state index contributed by atoms with van der Waals surface area (Å²) >= 11 is 1.45. The number of sulfonamides is 1. The third kappa shape index (κ3) is 4.30. The number of likely N-dealkylation sites (tertiary alicyclic amines) is 1. The van der Waals surface area contributed by atoms with Crippen LogP contribution < -0.4 is 4.72 Å². The number of benzene rings is 2. The topological polar surface area (TPSA) is 66.5 Å². The summed E-state index contributed by atoms with van der Waals surface area (Å²) < 4.78 is 28.5. The summed E-state index contributed by atoms with van der Waals surface area (Å²) in [7, 11) is -3.79. The van der Waals surface area contributed by atoms with Crippen molar-refractivity contribution < 1.29 is 13.2 Å². The van der Waals surface area contributed by atoms with E-state index in [-0.39, 0.29) is 10.8 Å². The van der Waals surface area contributed by atoms with Crippen molar-refractivity contribution in [2.75, 3.05) is 24.1 Å². The predicted molar refractivity (Wildman–Crippen MR) is 110 cm³/mol. The monoisotopic (exact) mass is 404 g/mol. The first-order valence-corrected chi connectivity index (χ1v) is 11.6. The molecule has 0 bridgehead atoms. The molecule has 1 saturated heterocycles. The third-order valence-corrected chi connectivity index (χ3v) is 6.90. The highest BCUT2D eigenvalue weighted by atomic mass is 32.2. The number of carbonyl (C=O) groups is 1. The molecule has 2 aromatic rings. The number of anilines is 1. The fourth-order valence-electron chi connectivity index (χ4n) is 3.16. The first kappa shape index (κ1) is 19.8. The van der Waals surface area contributed by atoms with Gasteiger partial charge in [0, 0.05) is 18.0 Å². The first-order valence-electron chi connectivity index (χ1n) is 8.89. The smallest absolute Gasteiger partial charge is 0.261 e. The van der Waals surface area contributed by atoms with Crippen LogP contribution in [0.5, 0.6) is 0 Å². The molecule has 1 heterocycles. The number of nitrogens with zero attached hydrogens (tertiary/aromatic N) is 1. The zero-order valence-corrected chi connectivity index (χ0v) is 17.4. The minimum Gasteiger partial charge on any atom is -0.339 e. The van der Waals surface area contributed by atoms with Gasteiger partial charge >= 0.3 is 0 Å². The van der Waals surface area contributed by atoms with E-state index in [0.29, 0.717) is 11.3 Å². The second-order valence-electron chi connectivity index (χ2n) is 6.79. The van der Waals surface area contributed by atoms with Gasteiger partial charge in [-0.15, -0.1) is 11.8 Å². The van der Waals surface area contributed by atoms with Crippen molar-refractivity contribution in [3.63, 3.8) is 0 Å². The maximum atomic E-state index is 12.9. The van der Waals surface area contributed by atoms with Gasteiger partial charge in [-0.2, -0.15) is 0 Å². The van der Waals surface area contributed by atoms with E-state index in [4.69, 9.17) is 0 Å². The number of hydrogen-bond acceptors (Lipinski definition) is 4. The van der Waals surface area contributed by atoms with Crippen LogP contribution in [0.2, 0.25) is 0 Å². The number of amides is 1. The van der Waals surface area contributed by atoms with E-state index in [1.165, 1.54) is 17.8 Å². The average molecular weight is 405 g/mol. The Morgan fingerprint density at radius 2 is 1.78 bits per heavy atom. The number of rotatable bonds is 5. The van der Waals surface area contributed by atoms with Gasteiger partial charge in [-0.3, -0.25) is 9.52 Å². The number of aryl methyl sites for hydroxylation is 2. The molecule has 1 aliphatic rings. The molecule has 0 aromatic heterocycles. The van der Waals surface area contributed by atoms with Gasteiger partial charge in [0.05, 0.1) is 16.1 Å². The normalized spacial score (nSPS) is 14.4. The van der Waals surface area contributed by atoms with Gasteiger partial charge < -0.3 is 4.90 Å². The summed E-state index contributed by atoms with van der Waals surface area (Å²) in [5, 5.41) is 0. The molecule has 5 nitrogen and oxygen atoms in total. The molecule has 0 unspecified atom stereocenters. The summed E-state index contributed by atoms with van der Waals surface area (Å²) in [5.41, 5.74) is 2.82. The van der Waals surface area contributed by atoms with Crippen molar-refractivity contribution in [3.8, 4) is 0 Å². The molecule has 7 heteroatoms. The van der Waals surface area contributed by atoms with E-state index < -0.39 is 10.0 Å². The van der Waals surface area contributed by atoms with E-state index in [2.05, 4.69) is 4.72 Å². The van der Waals surface area contributed by atoms with E-state index in [9.17, 15) is 13.2 Å². The average Bonchev–Trinajstić information content (AvgIpc) is 3.18. The lowest BCUT2D eigenvalue weighted by Gasteiger charge is -2.18. The molecule has 1 amide bonds. The van der Waals surface area contributed by atoms with Crippen molar-refractivity contribution in [2.24, 2.45) is 0 Å². The van der Waals surface area contributed by atoms with E-state index in [1.807, 2.05) is 32.2 Å². The molecular weight excluding hydrogens is 380 g/mol. The van der Waals surface area contributed by atoms with E-state index >= 15 is 0 Å². The lowest BCUT2D eigenvalue weighted by Crippen LogP contribution is -2.28. The molecule has 2 aromatic carbocycles. The standard InChI is InChI=1S/C20H24N2O3S2/c1-14-6-7-15(2)18(12-14)21-27(24,25)16-8-9-19(26-3)17(13-16)20(23)22-10-4-5-11-22/h6-9,12-13,21H,4-5,10-11H2,1-3H3. The Labute approximate surface area is 165 Å². The maximum Gasteiger partial charge on any atom is 0.261 e. The highest BCUT2D eigenvalue weighted by Gasteiger charge is 2.24. The summed E-state index contributed by atoms with van der Waals surface area (Å²) in [5.74, 6) is -0.0966. The Bertz CT molecular complexity index is 965. The van der Waals surface area contributed by atoms with Crippen LogP contribution in [0.25, 0.3) is 0 Å². The van der Waals surface area contributed by atoms with Crippen LogP contribution in [0, 0.1) is 13.8 Å². The molecule has 0 radical (unpaired) electrons. The predicted octanol–water partition coefficient (Wildman–Crippen LogP) is 4.06. The van der Waals surface area contributed by atoms with Gasteiger partial charge in [0.2, 0.25) is 0 Å². The van der Waals surface area contributed by atoms with E-state index in [1.54, 1.807) is 23.1 Å². The summed E-state index contributed by atoms with van der Waals surface area (Å²) in [6.45, 7) is 5.22. The van der Waals surface area contributed by atoms with Crippen molar-refractivity contribution in [1.82, 2.24) is 4.90 Å². The zero-order valence-electron chi connectivity index (χ0n) is 15.8. The Kier molecular flexibility index (Phi) is 5.81. The Morgan fingerprint density at radius 1 is 1.07 bits per heavy atom. The van der Waals surface area contributed by atoms with Crippen LogP contribution in [-0.2, 0) is 10.0 Å². The molecular formula is C20H24N2O3S2. The van der Waals surface area contributed by atoms with Gasteiger partial charge in [-0.05, 0) is 68.3 Å². The Hall–Kier alpha value is -1.99. The number of nitrogens with one attached hydrogen (secondary N) is 1. The van der Waals surface area contributed by atoms with Gasteiger partial charge in [0.1, 0.15) is 0 Å². The minimum atomic E-state index is -3.79. The quantitative estimate of drug-likeness (QED) is 0.763. The van der Waals surface area contributed by atoms with Crippen LogP contribution in [0.3, 0.4) is 0 Å². The van der Waals surface area contributed by atoms with Gasteiger partial charge in [0.25, 0.3) is 15.9 Å². The lowest BCUT2D eigenvalue weighted by molar-refractivity contribution is 0.0789. The van der Waals surface area contributed by atoms with Crippen molar-refractivity contribution >= 4 is 33.4 Å². The van der Waals surface area contributed by atoms with Crippen molar-refractivity contribution in [1.29, 1.82) is 0 Å². The first-order chi connectivity index (χ1) is 12.8. The van der Waals surface area contributed by atoms with Gasteiger partial charge in [-0.1, -0.05) is 12.1 Å². The molecule has 0 atom stereocenters. The lowest BCUT2D eigenvalue weighted by atomic mass is 10.1. The van der Waals surface area contributed by atoms with Crippen LogP contribution in [0.1, 0.15) is 34.3 Å². The largest absolute Gasteiger partial charge is 0.339 e. The highest BCUT2D eigenvalue weighted by Crippen LogP contribution is 2.28. The number of carbonyl (C=O) groups excluding carboxylic acids is 1. The summed E-state index contributed by atoms with van der Waals surface area (Å²) in [6, 6.07) is 10.4. The molecule has 3 rings (SSSR count). The fraction of sp³-hybridized carbons (Fsp3) is 0.350. The number of hydrogen-bond donors (Lipinski definition) is 1. The molecule has 0 saturated carbocycles. The van der Waals surface area contributed by atoms with Crippen molar-refractivity contribution in [2.45, 2.75) is 36.5 Å². The molecule has 1 fully saturated rings. The zero-order chi connectivity index (χ0) is 19.6. The maximum absolute atomic E-state index is 12.9.